The number of methoxy groups -OCH3 is 1. The van der Waals surface area contributed by atoms with E-state index in [0.29, 0.717) is 13.0 Å². The molecule has 0 aliphatic heterocycles. The van der Waals surface area contributed by atoms with Gasteiger partial charge in [0.15, 0.2) is 0 Å². The van der Waals surface area contributed by atoms with E-state index in [1.165, 1.54) is 12.8 Å². The largest absolute Gasteiger partial charge is 0.380 e. The zero-order chi connectivity index (χ0) is 10.4. The standard InChI is InChI=1S/C10H20N2O2.ClH/c1-14-9(7-11)6-10(13)12-5-4-8-2-3-8;/h8-9H,2-7,11H2,1H3,(H,12,13);1H. The van der Waals surface area contributed by atoms with Crippen LogP contribution in [0.15, 0.2) is 0 Å². The summed E-state index contributed by atoms with van der Waals surface area (Å²) in [7, 11) is 1.58. The van der Waals surface area contributed by atoms with Gasteiger partial charge in [0.25, 0.3) is 0 Å². The summed E-state index contributed by atoms with van der Waals surface area (Å²) in [6, 6.07) is 0. The van der Waals surface area contributed by atoms with Crippen molar-refractivity contribution in [1.29, 1.82) is 0 Å². The van der Waals surface area contributed by atoms with Crippen molar-refractivity contribution in [3.05, 3.63) is 0 Å². The van der Waals surface area contributed by atoms with E-state index in [0.717, 1.165) is 18.9 Å². The topological polar surface area (TPSA) is 64.3 Å². The molecule has 1 aliphatic rings. The molecule has 1 unspecified atom stereocenters. The van der Waals surface area contributed by atoms with Gasteiger partial charge in [0.05, 0.1) is 12.5 Å². The molecule has 1 fully saturated rings. The maximum absolute atomic E-state index is 11.3. The first-order chi connectivity index (χ1) is 6.76. The fourth-order valence-electron chi connectivity index (χ4n) is 1.36. The highest BCUT2D eigenvalue weighted by atomic mass is 35.5. The lowest BCUT2D eigenvalue weighted by atomic mass is 10.2. The van der Waals surface area contributed by atoms with Crippen LogP contribution >= 0.6 is 12.4 Å². The zero-order valence-corrected chi connectivity index (χ0v) is 10.0. The maximum atomic E-state index is 11.3. The summed E-state index contributed by atoms with van der Waals surface area (Å²) in [6.07, 6.45) is 4.01. The average Bonchev–Trinajstić information content (AvgIpc) is 2.98. The summed E-state index contributed by atoms with van der Waals surface area (Å²) in [6.45, 7) is 1.19. The molecule has 0 saturated heterocycles. The van der Waals surface area contributed by atoms with Crippen molar-refractivity contribution in [1.82, 2.24) is 5.32 Å². The number of carbonyl (C=O) groups is 1. The Balaban J connectivity index is 0.00000196. The van der Waals surface area contributed by atoms with E-state index in [1.807, 2.05) is 0 Å². The molecule has 3 N–H and O–H groups in total. The van der Waals surface area contributed by atoms with Crippen LogP contribution in [0.4, 0.5) is 0 Å². The minimum absolute atomic E-state index is 0. The van der Waals surface area contributed by atoms with Crippen molar-refractivity contribution < 1.29 is 9.53 Å². The van der Waals surface area contributed by atoms with Crippen LogP contribution in [0.25, 0.3) is 0 Å². The van der Waals surface area contributed by atoms with E-state index in [4.69, 9.17) is 10.5 Å². The smallest absolute Gasteiger partial charge is 0.222 e. The number of nitrogens with one attached hydrogen (secondary N) is 1. The predicted octanol–water partition coefficient (Wildman–Crippen LogP) is 0.688. The minimum atomic E-state index is -0.143. The molecule has 15 heavy (non-hydrogen) atoms. The van der Waals surface area contributed by atoms with Crippen molar-refractivity contribution in [2.24, 2.45) is 11.7 Å². The van der Waals surface area contributed by atoms with Gasteiger partial charge in [0, 0.05) is 20.2 Å². The number of hydrogen-bond acceptors (Lipinski definition) is 3. The second-order valence-corrected chi connectivity index (χ2v) is 3.88. The monoisotopic (exact) mass is 236 g/mol. The van der Waals surface area contributed by atoms with E-state index < -0.39 is 0 Å². The van der Waals surface area contributed by atoms with Crippen LogP contribution in [0.3, 0.4) is 0 Å². The lowest BCUT2D eigenvalue weighted by Crippen LogP contribution is -2.32. The Hall–Kier alpha value is -0.320. The van der Waals surface area contributed by atoms with E-state index >= 15 is 0 Å². The number of hydrogen-bond donors (Lipinski definition) is 2. The molecule has 1 aliphatic carbocycles. The van der Waals surface area contributed by atoms with Crippen LogP contribution in [0.5, 0.6) is 0 Å². The summed E-state index contributed by atoms with van der Waals surface area (Å²) in [5.74, 6) is 0.908. The van der Waals surface area contributed by atoms with Crippen LogP contribution in [0, 0.1) is 5.92 Å². The van der Waals surface area contributed by atoms with Gasteiger partial charge in [-0.15, -0.1) is 12.4 Å². The lowest BCUT2D eigenvalue weighted by Gasteiger charge is -2.12. The number of ether oxygens (including phenoxy) is 1. The van der Waals surface area contributed by atoms with E-state index in [2.05, 4.69) is 5.32 Å². The highest BCUT2D eigenvalue weighted by Crippen LogP contribution is 2.31. The van der Waals surface area contributed by atoms with Gasteiger partial charge in [-0.05, 0) is 12.3 Å². The Morgan fingerprint density at radius 3 is 2.73 bits per heavy atom. The van der Waals surface area contributed by atoms with Gasteiger partial charge in [0.2, 0.25) is 5.91 Å². The Morgan fingerprint density at radius 1 is 1.60 bits per heavy atom. The second kappa shape index (κ2) is 7.91. The van der Waals surface area contributed by atoms with Crippen LogP contribution < -0.4 is 11.1 Å². The summed E-state index contributed by atoms with van der Waals surface area (Å²) in [5.41, 5.74) is 5.41. The molecular formula is C10H21ClN2O2. The molecule has 1 atom stereocenters. The van der Waals surface area contributed by atoms with E-state index in [1.54, 1.807) is 7.11 Å². The molecule has 5 heteroatoms. The van der Waals surface area contributed by atoms with Crippen molar-refractivity contribution in [2.45, 2.75) is 31.8 Å². The van der Waals surface area contributed by atoms with Crippen LogP contribution in [-0.2, 0) is 9.53 Å². The van der Waals surface area contributed by atoms with Crippen LogP contribution in [0.2, 0.25) is 0 Å². The number of halogens is 1. The Bertz CT molecular complexity index is 182. The molecule has 1 amide bonds. The first kappa shape index (κ1) is 14.7. The zero-order valence-electron chi connectivity index (χ0n) is 9.20. The Labute approximate surface area is 97.3 Å². The first-order valence-corrected chi connectivity index (χ1v) is 5.25. The molecule has 0 radical (unpaired) electrons. The van der Waals surface area contributed by atoms with Gasteiger partial charge in [-0.2, -0.15) is 0 Å². The van der Waals surface area contributed by atoms with Crippen molar-refractivity contribution in [3.8, 4) is 0 Å². The van der Waals surface area contributed by atoms with Crippen LogP contribution in [-0.4, -0.2) is 32.2 Å². The summed E-state index contributed by atoms with van der Waals surface area (Å²) < 4.78 is 5.02. The minimum Gasteiger partial charge on any atom is -0.380 e. The normalized spacial score (nSPS) is 16.7. The average molecular weight is 237 g/mol. The fourth-order valence-corrected chi connectivity index (χ4v) is 1.36. The van der Waals surface area contributed by atoms with Gasteiger partial charge >= 0.3 is 0 Å². The third-order valence-corrected chi connectivity index (χ3v) is 2.58. The number of nitrogens with two attached hydrogens (primary N) is 1. The van der Waals surface area contributed by atoms with Crippen molar-refractivity contribution in [3.63, 3.8) is 0 Å². The summed E-state index contributed by atoms with van der Waals surface area (Å²) in [4.78, 5) is 11.3. The number of amides is 1. The molecule has 0 aromatic heterocycles. The molecule has 0 aromatic rings. The van der Waals surface area contributed by atoms with Crippen molar-refractivity contribution >= 4 is 18.3 Å². The Morgan fingerprint density at radius 2 is 2.27 bits per heavy atom. The highest BCUT2D eigenvalue weighted by Gasteiger charge is 2.20. The van der Waals surface area contributed by atoms with Gasteiger partial charge in [-0.25, -0.2) is 0 Å². The van der Waals surface area contributed by atoms with Gasteiger partial charge in [-0.3, -0.25) is 4.79 Å². The number of carbonyl (C=O) groups excluding carboxylic acids is 1. The van der Waals surface area contributed by atoms with Gasteiger partial charge in [0.1, 0.15) is 0 Å². The second-order valence-electron chi connectivity index (χ2n) is 3.88. The quantitative estimate of drug-likeness (QED) is 0.684. The molecule has 0 aromatic carbocycles. The fraction of sp³-hybridized carbons (Fsp3) is 0.900. The summed E-state index contributed by atoms with van der Waals surface area (Å²) in [5, 5.41) is 2.88. The molecule has 0 spiro atoms. The Kier molecular flexibility index (Phi) is 7.74. The molecule has 90 valence electrons. The van der Waals surface area contributed by atoms with Gasteiger partial charge < -0.3 is 15.8 Å². The molecule has 1 saturated carbocycles. The molecule has 1 rings (SSSR count). The third-order valence-electron chi connectivity index (χ3n) is 2.58. The molecular weight excluding hydrogens is 216 g/mol. The van der Waals surface area contributed by atoms with E-state index in [-0.39, 0.29) is 24.4 Å². The van der Waals surface area contributed by atoms with Gasteiger partial charge in [-0.1, -0.05) is 12.8 Å². The van der Waals surface area contributed by atoms with Crippen molar-refractivity contribution in [2.75, 3.05) is 20.2 Å². The number of rotatable bonds is 7. The first-order valence-electron chi connectivity index (χ1n) is 5.25. The van der Waals surface area contributed by atoms with Crippen LogP contribution in [0.1, 0.15) is 25.7 Å². The molecule has 4 nitrogen and oxygen atoms in total. The van der Waals surface area contributed by atoms with E-state index in [9.17, 15) is 4.79 Å². The lowest BCUT2D eigenvalue weighted by molar-refractivity contribution is -0.123. The SMILES string of the molecule is COC(CN)CC(=O)NCCC1CC1.Cl. The maximum Gasteiger partial charge on any atom is 0.222 e. The predicted molar refractivity (Wildman–Crippen MR) is 62.1 cm³/mol. The summed E-state index contributed by atoms with van der Waals surface area (Å²) >= 11 is 0. The molecule has 0 heterocycles. The highest BCUT2D eigenvalue weighted by molar-refractivity contribution is 5.85. The molecule has 0 bridgehead atoms. The third kappa shape index (κ3) is 6.71.